The van der Waals surface area contributed by atoms with Crippen LogP contribution in [0, 0.1) is 12.7 Å². The maximum absolute atomic E-state index is 4.61. The van der Waals surface area contributed by atoms with Gasteiger partial charge in [0.25, 0.3) is 0 Å². The molecule has 1 aliphatic carbocycles. The van der Waals surface area contributed by atoms with Gasteiger partial charge in [0.2, 0.25) is 0 Å². The minimum Gasteiger partial charge on any atom is -0.510 e. The Balaban J connectivity index is 0.00000144. The first-order valence-electron chi connectivity index (χ1n) is 7.13. The van der Waals surface area contributed by atoms with Crippen molar-refractivity contribution in [3.8, 4) is 11.1 Å². The van der Waals surface area contributed by atoms with Crippen LogP contribution >= 0.6 is 0 Å². The van der Waals surface area contributed by atoms with Crippen molar-refractivity contribution in [2.45, 2.75) is 19.3 Å². The predicted octanol–water partition coefficient (Wildman–Crippen LogP) is 3.53. The Labute approximate surface area is 145 Å². The average molecular weight is 468 g/mol. The third-order valence-electron chi connectivity index (χ3n) is 4.35. The Bertz CT molecular complexity index is 752. The molecule has 0 fully saturated rings. The number of hydrogen-bond donors (Lipinski definition) is 0. The molecular formula is C18H17IrN3-2. The van der Waals surface area contributed by atoms with E-state index >= 15 is 0 Å². The summed E-state index contributed by atoms with van der Waals surface area (Å²) in [4.78, 5) is 8.72. The Kier molecular flexibility index (Phi) is 3.62. The fourth-order valence-electron chi connectivity index (χ4n) is 3.21. The van der Waals surface area contributed by atoms with Crippen molar-refractivity contribution in [2.75, 3.05) is 11.9 Å². The molecule has 3 nitrogen and oxygen atoms in total. The molecule has 1 aliphatic heterocycles. The van der Waals surface area contributed by atoms with Crippen molar-refractivity contribution < 1.29 is 20.1 Å². The van der Waals surface area contributed by atoms with E-state index in [1.165, 1.54) is 16.7 Å². The van der Waals surface area contributed by atoms with E-state index in [1.54, 1.807) is 0 Å². The number of pyridine rings is 1. The number of hydrogen-bond acceptors (Lipinski definition) is 3. The molecule has 115 valence electrons. The quantitative estimate of drug-likeness (QED) is 0.599. The van der Waals surface area contributed by atoms with Gasteiger partial charge in [-0.1, -0.05) is 19.9 Å². The first-order chi connectivity index (χ1) is 10.1. The van der Waals surface area contributed by atoms with Crippen molar-refractivity contribution >= 4 is 5.69 Å². The first-order valence-corrected chi connectivity index (χ1v) is 7.13. The maximum atomic E-state index is 4.61. The second-order valence-electron chi connectivity index (χ2n) is 6.16. The Morgan fingerprint density at radius 2 is 2.05 bits per heavy atom. The molecule has 0 saturated carbocycles. The molecule has 1 aromatic carbocycles. The van der Waals surface area contributed by atoms with Gasteiger partial charge in [0.05, 0.1) is 0 Å². The van der Waals surface area contributed by atoms with Crippen molar-refractivity contribution in [2.24, 2.45) is 0 Å². The van der Waals surface area contributed by atoms with Crippen LogP contribution in [-0.2, 0) is 25.5 Å². The molecule has 22 heavy (non-hydrogen) atoms. The van der Waals surface area contributed by atoms with Crippen LogP contribution in [0.5, 0.6) is 0 Å². The van der Waals surface area contributed by atoms with E-state index in [0.717, 1.165) is 11.4 Å². The fraction of sp³-hybridized carbons (Fsp3) is 0.222. The second kappa shape index (κ2) is 5.22. The molecule has 4 heteroatoms. The number of fused-ring (bicyclic) bond motifs is 3. The monoisotopic (exact) mass is 468 g/mol. The molecule has 0 N–H and O–H groups in total. The molecule has 0 bridgehead atoms. The van der Waals surface area contributed by atoms with Crippen molar-refractivity contribution in [3.05, 3.63) is 66.9 Å². The number of nitrogens with zero attached hydrogens (tertiary/aromatic N) is 3. The molecular weight excluding hydrogens is 450 g/mol. The Morgan fingerprint density at radius 1 is 1.23 bits per heavy atom. The first kappa shape index (κ1) is 15.3. The van der Waals surface area contributed by atoms with Gasteiger partial charge in [0, 0.05) is 32.0 Å². The van der Waals surface area contributed by atoms with Crippen molar-refractivity contribution in [1.82, 2.24) is 9.88 Å². The van der Waals surface area contributed by atoms with Crippen LogP contribution in [0.3, 0.4) is 0 Å². The number of anilines is 1. The summed E-state index contributed by atoms with van der Waals surface area (Å²) in [6.45, 7) is 6.50. The molecule has 0 saturated heterocycles. The van der Waals surface area contributed by atoms with Crippen LogP contribution in [0.2, 0.25) is 0 Å². The molecule has 0 amide bonds. The molecule has 0 atom stereocenters. The molecule has 1 radical (unpaired) electrons. The summed E-state index contributed by atoms with van der Waals surface area (Å²) in [6.07, 6.45) is 5.95. The molecule has 4 rings (SSSR count). The van der Waals surface area contributed by atoms with Gasteiger partial charge in [-0.25, -0.2) is 0 Å². The van der Waals surface area contributed by atoms with Crippen LogP contribution < -0.4 is 4.90 Å². The largest absolute Gasteiger partial charge is 0.510 e. The molecule has 2 heterocycles. The van der Waals surface area contributed by atoms with E-state index in [4.69, 9.17) is 0 Å². The van der Waals surface area contributed by atoms with Crippen molar-refractivity contribution in [1.29, 1.82) is 0 Å². The summed E-state index contributed by atoms with van der Waals surface area (Å²) in [5, 5.41) is 0. The molecule has 2 aliphatic rings. The number of aromatic nitrogens is 1. The van der Waals surface area contributed by atoms with E-state index < -0.39 is 0 Å². The second-order valence-corrected chi connectivity index (χ2v) is 6.16. The average Bonchev–Trinajstić information content (AvgIpc) is 3.01. The van der Waals surface area contributed by atoms with Gasteiger partial charge < -0.3 is 9.80 Å². The van der Waals surface area contributed by atoms with E-state index in [2.05, 4.69) is 48.0 Å². The van der Waals surface area contributed by atoms with Crippen LogP contribution in [0.1, 0.15) is 25.1 Å². The summed E-state index contributed by atoms with van der Waals surface area (Å²) in [7, 11) is 2.02. The molecule has 1 aromatic heterocycles. The summed E-state index contributed by atoms with van der Waals surface area (Å²) < 4.78 is 0. The maximum Gasteiger partial charge on any atom is 0.0446 e. The van der Waals surface area contributed by atoms with Gasteiger partial charge in [-0.3, -0.25) is 4.98 Å². The number of benzene rings is 1. The third-order valence-corrected chi connectivity index (χ3v) is 4.35. The summed E-state index contributed by atoms with van der Waals surface area (Å²) in [5.74, 6) is 0. The van der Waals surface area contributed by atoms with Crippen LogP contribution in [-0.4, -0.2) is 16.9 Å². The van der Waals surface area contributed by atoms with E-state index in [0.29, 0.717) is 0 Å². The third kappa shape index (κ3) is 2.10. The van der Waals surface area contributed by atoms with Gasteiger partial charge in [-0.15, -0.1) is 22.9 Å². The van der Waals surface area contributed by atoms with Gasteiger partial charge in [0.15, 0.2) is 0 Å². The van der Waals surface area contributed by atoms with Crippen LogP contribution in [0.4, 0.5) is 5.69 Å². The Morgan fingerprint density at radius 3 is 2.77 bits per heavy atom. The van der Waals surface area contributed by atoms with Crippen LogP contribution in [0.25, 0.3) is 11.1 Å². The van der Waals surface area contributed by atoms with Crippen molar-refractivity contribution in [3.63, 3.8) is 0 Å². The normalized spacial score (nSPS) is 17.2. The van der Waals surface area contributed by atoms with E-state index in [9.17, 15) is 0 Å². The van der Waals surface area contributed by atoms with Gasteiger partial charge in [-0.05, 0) is 36.5 Å². The van der Waals surface area contributed by atoms with Gasteiger partial charge >= 0.3 is 0 Å². The van der Waals surface area contributed by atoms with Crippen LogP contribution in [0.15, 0.2) is 42.9 Å². The number of rotatable bonds is 1. The summed E-state index contributed by atoms with van der Waals surface area (Å²) >= 11 is 0. The zero-order valence-corrected chi connectivity index (χ0v) is 15.2. The zero-order chi connectivity index (χ0) is 14.6. The smallest absolute Gasteiger partial charge is 0.0446 e. The molecule has 0 spiro atoms. The standard InChI is InChI=1S/C18H17N3.Ir/c1-18(2)16-7-6-13(21-10-9-20(3)12-21)11-15(16)14-5-4-8-19-17(14)18;/h4-5,7-12H,1-3H3;/q-2;. The summed E-state index contributed by atoms with van der Waals surface area (Å²) in [5.41, 5.74) is 5.97. The minimum absolute atomic E-state index is 0. The minimum atomic E-state index is -0.0533. The predicted molar refractivity (Wildman–Crippen MR) is 84.3 cm³/mol. The Hall–Kier alpha value is -1.64. The van der Waals surface area contributed by atoms with E-state index in [1.807, 2.05) is 43.3 Å². The summed E-state index contributed by atoms with van der Waals surface area (Å²) in [6, 6.07) is 11.9. The van der Waals surface area contributed by atoms with Gasteiger partial charge in [0.1, 0.15) is 0 Å². The topological polar surface area (TPSA) is 19.4 Å². The SMILES string of the molecule is CN1C=CN(c2[c-]cc3c(c2)-c2cccnc2C3(C)C)[CH-]1.[Ir]. The van der Waals surface area contributed by atoms with Gasteiger partial charge in [-0.2, -0.15) is 18.8 Å². The molecule has 0 unspecified atom stereocenters. The fourth-order valence-corrected chi connectivity index (χ4v) is 3.21. The molecule has 2 aromatic rings. The zero-order valence-electron chi connectivity index (χ0n) is 12.8. The van der Waals surface area contributed by atoms with E-state index in [-0.39, 0.29) is 25.5 Å².